The summed E-state index contributed by atoms with van der Waals surface area (Å²) in [6.07, 6.45) is 2.11. The van der Waals surface area contributed by atoms with Gasteiger partial charge in [0.15, 0.2) is 0 Å². The summed E-state index contributed by atoms with van der Waals surface area (Å²) in [5.74, 6) is 0. The Hall–Kier alpha value is -0.950. The molecule has 0 saturated heterocycles. The van der Waals surface area contributed by atoms with Crippen LogP contribution in [0.4, 0.5) is 0 Å². The third kappa shape index (κ3) is 5.69. The van der Waals surface area contributed by atoms with E-state index in [1.165, 1.54) is 0 Å². The number of rotatable bonds is 9. The number of aliphatic hydroxyl groups is 1. The summed E-state index contributed by atoms with van der Waals surface area (Å²) in [4.78, 5) is 0.251. The summed E-state index contributed by atoms with van der Waals surface area (Å²) >= 11 is 0. The van der Waals surface area contributed by atoms with Gasteiger partial charge in [0, 0.05) is 26.9 Å². The number of unbranched alkanes of at least 4 members (excludes halogenated alkanes) is 1. The van der Waals surface area contributed by atoms with Crippen molar-refractivity contribution in [2.75, 3.05) is 26.9 Å². The topological polar surface area (TPSA) is 75.6 Å². The standard InChI is InChI=1S/C13H21NO4S/c1-18-11-3-2-9-14-19(16,17)13-6-4-12(5-7-13)8-10-15/h4-7,14-15H,2-3,8-11H2,1H3. The molecule has 0 fully saturated rings. The zero-order valence-corrected chi connectivity index (χ0v) is 11.9. The van der Waals surface area contributed by atoms with Crippen LogP contribution in [0.5, 0.6) is 0 Å². The maximum atomic E-state index is 11.9. The quantitative estimate of drug-likeness (QED) is 0.662. The van der Waals surface area contributed by atoms with Gasteiger partial charge >= 0.3 is 0 Å². The minimum Gasteiger partial charge on any atom is -0.396 e. The van der Waals surface area contributed by atoms with Gasteiger partial charge in [0.25, 0.3) is 0 Å². The molecule has 0 saturated carbocycles. The molecule has 5 nitrogen and oxygen atoms in total. The fourth-order valence-electron chi connectivity index (χ4n) is 1.63. The first-order valence-electron chi connectivity index (χ1n) is 6.28. The van der Waals surface area contributed by atoms with Gasteiger partial charge in [0.05, 0.1) is 4.90 Å². The molecule has 0 heterocycles. The van der Waals surface area contributed by atoms with Crippen LogP contribution in [0.25, 0.3) is 0 Å². The van der Waals surface area contributed by atoms with E-state index < -0.39 is 10.0 Å². The predicted octanol–water partition coefficient (Wildman–Crippen LogP) is 0.926. The van der Waals surface area contributed by atoms with Crippen molar-refractivity contribution in [3.63, 3.8) is 0 Å². The number of hydrogen-bond acceptors (Lipinski definition) is 4. The number of aliphatic hydroxyl groups excluding tert-OH is 1. The van der Waals surface area contributed by atoms with Gasteiger partial charge in [-0.1, -0.05) is 12.1 Å². The molecule has 0 unspecified atom stereocenters. The Kier molecular flexibility index (Phi) is 7.01. The second kappa shape index (κ2) is 8.27. The molecule has 0 spiro atoms. The highest BCUT2D eigenvalue weighted by atomic mass is 32.2. The minimum absolute atomic E-state index is 0.0594. The highest BCUT2D eigenvalue weighted by Crippen LogP contribution is 2.10. The number of hydrogen-bond donors (Lipinski definition) is 2. The molecular weight excluding hydrogens is 266 g/mol. The van der Waals surface area contributed by atoms with Gasteiger partial charge in [-0.15, -0.1) is 0 Å². The zero-order valence-electron chi connectivity index (χ0n) is 11.1. The van der Waals surface area contributed by atoms with Gasteiger partial charge in [0.1, 0.15) is 0 Å². The molecule has 0 aliphatic carbocycles. The van der Waals surface area contributed by atoms with Crippen molar-refractivity contribution in [1.82, 2.24) is 4.72 Å². The lowest BCUT2D eigenvalue weighted by Gasteiger charge is -2.07. The van der Waals surface area contributed by atoms with Crippen LogP contribution in [0.15, 0.2) is 29.2 Å². The van der Waals surface area contributed by atoms with E-state index in [1.54, 1.807) is 31.4 Å². The largest absolute Gasteiger partial charge is 0.396 e. The molecule has 108 valence electrons. The average Bonchev–Trinajstić information content (AvgIpc) is 2.39. The highest BCUT2D eigenvalue weighted by molar-refractivity contribution is 7.89. The lowest BCUT2D eigenvalue weighted by molar-refractivity contribution is 0.193. The summed E-state index contributed by atoms with van der Waals surface area (Å²) in [6.45, 7) is 1.10. The van der Waals surface area contributed by atoms with E-state index in [1.807, 2.05) is 0 Å². The van der Waals surface area contributed by atoms with Crippen molar-refractivity contribution in [3.05, 3.63) is 29.8 Å². The molecule has 0 amide bonds. The van der Waals surface area contributed by atoms with Crippen LogP contribution in [-0.4, -0.2) is 40.4 Å². The Labute approximate surface area is 114 Å². The Morgan fingerprint density at radius 2 is 1.89 bits per heavy atom. The van der Waals surface area contributed by atoms with Gasteiger partial charge in [-0.05, 0) is 37.0 Å². The first-order valence-corrected chi connectivity index (χ1v) is 7.77. The first-order chi connectivity index (χ1) is 9.10. The highest BCUT2D eigenvalue weighted by Gasteiger charge is 2.12. The van der Waals surface area contributed by atoms with Crippen LogP contribution in [0.3, 0.4) is 0 Å². The van der Waals surface area contributed by atoms with E-state index in [4.69, 9.17) is 9.84 Å². The molecule has 1 aromatic carbocycles. The van der Waals surface area contributed by atoms with E-state index in [0.717, 1.165) is 18.4 Å². The van der Waals surface area contributed by atoms with E-state index in [0.29, 0.717) is 19.6 Å². The number of benzene rings is 1. The first kappa shape index (κ1) is 16.1. The van der Waals surface area contributed by atoms with Crippen molar-refractivity contribution in [1.29, 1.82) is 0 Å². The molecule has 1 rings (SSSR count). The van der Waals surface area contributed by atoms with Crippen LogP contribution < -0.4 is 4.72 Å². The fourth-order valence-corrected chi connectivity index (χ4v) is 2.70. The summed E-state index contributed by atoms with van der Waals surface area (Å²) in [5, 5.41) is 8.80. The zero-order chi connectivity index (χ0) is 14.1. The van der Waals surface area contributed by atoms with Crippen molar-refractivity contribution in [3.8, 4) is 0 Å². The van der Waals surface area contributed by atoms with Gasteiger partial charge in [-0.3, -0.25) is 0 Å². The van der Waals surface area contributed by atoms with Crippen LogP contribution in [-0.2, 0) is 21.2 Å². The van der Waals surface area contributed by atoms with Crippen molar-refractivity contribution in [2.45, 2.75) is 24.2 Å². The van der Waals surface area contributed by atoms with E-state index >= 15 is 0 Å². The average molecular weight is 287 g/mol. The molecule has 0 atom stereocenters. The third-order valence-electron chi connectivity index (χ3n) is 2.70. The molecule has 0 aliphatic heterocycles. The summed E-state index contributed by atoms with van der Waals surface area (Å²) < 4.78 is 31.3. The van der Waals surface area contributed by atoms with Crippen LogP contribution >= 0.6 is 0 Å². The number of nitrogens with one attached hydrogen (secondary N) is 1. The molecule has 1 aromatic rings. The molecule has 0 aliphatic rings. The molecular formula is C13H21NO4S. The van der Waals surface area contributed by atoms with Crippen LogP contribution in [0, 0.1) is 0 Å². The van der Waals surface area contributed by atoms with E-state index in [2.05, 4.69) is 4.72 Å². The number of ether oxygens (including phenoxy) is 1. The molecule has 2 N–H and O–H groups in total. The van der Waals surface area contributed by atoms with Gasteiger partial charge < -0.3 is 9.84 Å². The predicted molar refractivity (Wildman–Crippen MR) is 73.5 cm³/mol. The van der Waals surface area contributed by atoms with Crippen LogP contribution in [0.2, 0.25) is 0 Å². The molecule has 0 aromatic heterocycles. The maximum Gasteiger partial charge on any atom is 0.240 e. The van der Waals surface area contributed by atoms with E-state index in [9.17, 15) is 8.42 Å². The summed E-state index contributed by atoms with van der Waals surface area (Å²) in [5.41, 5.74) is 0.918. The van der Waals surface area contributed by atoms with Crippen molar-refractivity contribution >= 4 is 10.0 Å². The monoisotopic (exact) mass is 287 g/mol. The Morgan fingerprint density at radius 1 is 1.21 bits per heavy atom. The second-order valence-electron chi connectivity index (χ2n) is 4.22. The summed E-state index contributed by atoms with van der Waals surface area (Å²) in [6, 6.07) is 6.55. The smallest absolute Gasteiger partial charge is 0.240 e. The minimum atomic E-state index is -3.43. The van der Waals surface area contributed by atoms with Gasteiger partial charge in [0.2, 0.25) is 10.0 Å². The van der Waals surface area contributed by atoms with Gasteiger partial charge in [-0.25, -0.2) is 13.1 Å². The SMILES string of the molecule is COCCCCNS(=O)(=O)c1ccc(CCO)cc1. The summed E-state index contributed by atoms with van der Waals surface area (Å²) in [7, 11) is -1.81. The number of methoxy groups -OCH3 is 1. The molecule has 6 heteroatoms. The Bertz CT molecular complexity index is 456. The number of sulfonamides is 1. The van der Waals surface area contributed by atoms with Gasteiger partial charge in [-0.2, -0.15) is 0 Å². The normalized spacial score (nSPS) is 11.7. The fraction of sp³-hybridized carbons (Fsp3) is 0.538. The molecule has 0 radical (unpaired) electrons. The third-order valence-corrected chi connectivity index (χ3v) is 4.18. The lowest BCUT2D eigenvalue weighted by atomic mass is 10.2. The maximum absolute atomic E-state index is 11.9. The van der Waals surface area contributed by atoms with Crippen molar-refractivity contribution in [2.24, 2.45) is 0 Å². The Balaban J connectivity index is 2.52. The van der Waals surface area contributed by atoms with E-state index in [-0.39, 0.29) is 11.5 Å². The lowest BCUT2D eigenvalue weighted by Crippen LogP contribution is -2.25. The van der Waals surface area contributed by atoms with Crippen molar-refractivity contribution < 1.29 is 18.3 Å². The molecule has 19 heavy (non-hydrogen) atoms. The van der Waals surface area contributed by atoms with Crippen LogP contribution in [0.1, 0.15) is 18.4 Å². The molecule has 0 bridgehead atoms. The Morgan fingerprint density at radius 3 is 2.47 bits per heavy atom. The second-order valence-corrected chi connectivity index (χ2v) is 5.98.